The average molecular weight is 368 g/mol. The molecule has 9 heteroatoms. The Morgan fingerprint density at radius 3 is 2.19 bits per heavy atom. The van der Waals surface area contributed by atoms with E-state index in [0.717, 1.165) is 12.1 Å². The van der Waals surface area contributed by atoms with Crippen molar-refractivity contribution in [3.63, 3.8) is 0 Å². The molecular weight excluding hydrogens is 356 g/mol. The Morgan fingerprint density at radius 2 is 1.63 bits per heavy atom. The summed E-state index contributed by atoms with van der Waals surface area (Å²) in [6.45, 7) is 1.20. The Kier molecular flexibility index (Phi) is 4.28. The normalized spacial score (nSPS) is 13.4. The van der Waals surface area contributed by atoms with Crippen LogP contribution in [0.25, 0.3) is 0 Å². The maximum absolute atomic E-state index is 12.8. The quantitative estimate of drug-likeness (QED) is 0.416. The van der Waals surface area contributed by atoms with E-state index in [9.17, 15) is 29.3 Å². The lowest BCUT2D eigenvalue weighted by molar-refractivity contribution is -0.385. The molecule has 136 valence electrons. The number of nitro groups is 1. The van der Waals surface area contributed by atoms with Crippen molar-refractivity contribution in [2.45, 2.75) is 13.0 Å². The molecule has 0 spiro atoms. The number of nitrogens with two attached hydrogens (primary N) is 1. The fraction of sp³-hybridized carbons (Fsp3) is 0.111. The van der Waals surface area contributed by atoms with E-state index >= 15 is 0 Å². The number of esters is 1. The van der Waals surface area contributed by atoms with Gasteiger partial charge in [-0.05, 0) is 19.1 Å². The SMILES string of the molecule is CC(OC(=O)c1ccc2c(c1[N+](=O)[O-])C(=O)c1ccccc1C2=O)C(N)=O. The summed E-state index contributed by atoms with van der Waals surface area (Å²) in [6.07, 6.45) is -1.33. The van der Waals surface area contributed by atoms with Gasteiger partial charge in [0.05, 0.1) is 4.92 Å². The first-order chi connectivity index (χ1) is 12.7. The highest BCUT2D eigenvalue weighted by Crippen LogP contribution is 2.35. The molecule has 2 aromatic carbocycles. The fourth-order valence-electron chi connectivity index (χ4n) is 2.81. The van der Waals surface area contributed by atoms with Gasteiger partial charge in [0.15, 0.2) is 11.9 Å². The maximum Gasteiger partial charge on any atom is 0.345 e. The van der Waals surface area contributed by atoms with E-state index in [1.54, 1.807) is 6.07 Å². The van der Waals surface area contributed by atoms with Crippen LogP contribution in [0.4, 0.5) is 5.69 Å². The first-order valence-electron chi connectivity index (χ1n) is 7.74. The molecule has 3 rings (SSSR count). The second kappa shape index (κ2) is 6.45. The van der Waals surface area contributed by atoms with Crippen LogP contribution in [0.3, 0.4) is 0 Å². The van der Waals surface area contributed by atoms with E-state index in [-0.39, 0.29) is 16.7 Å². The molecule has 2 aromatic rings. The minimum Gasteiger partial charge on any atom is -0.449 e. The second-order valence-corrected chi connectivity index (χ2v) is 5.80. The number of hydrogen-bond donors (Lipinski definition) is 1. The van der Waals surface area contributed by atoms with E-state index in [1.165, 1.54) is 25.1 Å². The summed E-state index contributed by atoms with van der Waals surface area (Å²) in [6, 6.07) is 8.09. The largest absolute Gasteiger partial charge is 0.449 e. The van der Waals surface area contributed by atoms with Gasteiger partial charge >= 0.3 is 5.97 Å². The topological polar surface area (TPSA) is 147 Å². The van der Waals surface area contributed by atoms with E-state index in [2.05, 4.69) is 0 Å². The van der Waals surface area contributed by atoms with Crippen molar-refractivity contribution in [2.75, 3.05) is 0 Å². The van der Waals surface area contributed by atoms with Crippen LogP contribution in [0.1, 0.15) is 49.1 Å². The average Bonchev–Trinajstić information content (AvgIpc) is 2.64. The highest BCUT2D eigenvalue weighted by Gasteiger charge is 2.39. The monoisotopic (exact) mass is 368 g/mol. The Morgan fingerprint density at radius 1 is 1.04 bits per heavy atom. The number of ketones is 2. The van der Waals surface area contributed by atoms with E-state index in [1.807, 2.05) is 0 Å². The highest BCUT2D eigenvalue weighted by atomic mass is 16.6. The molecule has 9 nitrogen and oxygen atoms in total. The zero-order valence-electron chi connectivity index (χ0n) is 13.9. The van der Waals surface area contributed by atoms with Crippen LogP contribution < -0.4 is 5.73 Å². The van der Waals surface area contributed by atoms with E-state index in [4.69, 9.17) is 10.5 Å². The van der Waals surface area contributed by atoms with Gasteiger partial charge in [0, 0.05) is 16.7 Å². The number of nitro benzene ring substituents is 1. The zero-order chi connectivity index (χ0) is 19.9. The van der Waals surface area contributed by atoms with Crippen LogP contribution in [0.2, 0.25) is 0 Å². The van der Waals surface area contributed by atoms with Crippen molar-refractivity contribution in [3.05, 3.63) is 74.3 Å². The molecule has 1 amide bonds. The number of carbonyl (C=O) groups excluding carboxylic acids is 4. The first-order valence-corrected chi connectivity index (χ1v) is 7.74. The maximum atomic E-state index is 12.8. The molecule has 2 N–H and O–H groups in total. The minimum absolute atomic E-state index is 0.00845. The molecule has 0 radical (unpaired) electrons. The smallest absolute Gasteiger partial charge is 0.345 e. The number of nitrogens with zero attached hydrogens (tertiary/aromatic N) is 1. The predicted octanol–water partition coefficient (Wildman–Crippen LogP) is 1.40. The Bertz CT molecular complexity index is 1040. The number of primary amides is 1. The summed E-state index contributed by atoms with van der Waals surface area (Å²) in [5.41, 5.74) is 3.10. The van der Waals surface area contributed by atoms with Gasteiger partial charge in [-0.2, -0.15) is 0 Å². The summed E-state index contributed by atoms with van der Waals surface area (Å²) in [4.78, 5) is 59.5. The van der Waals surface area contributed by atoms with Crippen LogP contribution in [0.5, 0.6) is 0 Å². The van der Waals surface area contributed by atoms with E-state index < -0.39 is 51.3 Å². The third kappa shape index (κ3) is 2.84. The molecule has 1 unspecified atom stereocenters. The van der Waals surface area contributed by atoms with Crippen LogP contribution >= 0.6 is 0 Å². The summed E-state index contributed by atoms with van der Waals surface area (Å²) in [5.74, 6) is -3.45. The molecule has 1 aliphatic rings. The molecule has 0 saturated heterocycles. The van der Waals surface area contributed by atoms with Gasteiger partial charge in [-0.3, -0.25) is 24.5 Å². The lowest BCUT2D eigenvalue weighted by Crippen LogP contribution is -2.31. The second-order valence-electron chi connectivity index (χ2n) is 5.80. The third-order valence-corrected chi connectivity index (χ3v) is 4.15. The Labute approximate surface area is 151 Å². The molecule has 0 aromatic heterocycles. The fourth-order valence-corrected chi connectivity index (χ4v) is 2.81. The minimum atomic E-state index is -1.33. The number of fused-ring (bicyclic) bond motifs is 2. The van der Waals surface area contributed by atoms with Gasteiger partial charge in [-0.1, -0.05) is 24.3 Å². The predicted molar refractivity (Wildman–Crippen MR) is 90.5 cm³/mol. The van der Waals surface area contributed by atoms with Crippen molar-refractivity contribution in [1.29, 1.82) is 0 Å². The summed E-state index contributed by atoms with van der Waals surface area (Å²) in [5, 5.41) is 11.6. The number of benzene rings is 2. The Hall–Kier alpha value is -3.88. The molecule has 27 heavy (non-hydrogen) atoms. The van der Waals surface area contributed by atoms with Crippen molar-refractivity contribution in [3.8, 4) is 0 Å². The lowest BCUT2D eigenvalue weighted by atomic mass is 9.82. The molecule has 0 saturated carbocycles. The number of carbonyl (C=O) groups is 4. The van der Waals surface area contributed by atoms with Crippen molar-refractivity contribution < 1.29 is 28.8 Å². The van der Waals surface area contributed by atoms with Crippen molar-refractivity contribution >= 4 is 29.1 Å². The van der Waals surface area contributed by atoms with Crippen LogP contribution in [-0.4, -0.2) is 34.5 Å². The van der Waals surface area contributed by atoms with E-state index in [0.29, 0.717) is 0 Å². The van der Waals surface area contributed by atoms with Gasteiger partial charge < -0.3 is 10.5 Å². The molecular formula is C18H12N2O7. The zero-order valence-corrected chi connectivity index (χ0v) is 13.9. The van der Waals surface area contributed by atoms with Gasteiger partial charge in [-0.25, -0.2) is 4.79 Å². The first kappa shape index (κ1) is 17.9. The van der Waals surface area contributed by atoms with Crippen LogP contribution in [-0.2, 0) is 9.53 Å². The molecule has 1 atom stereocenters. The standard InChI is InChI=1S/C18H12N2O7/c1-8(17(19)23)27-18(24)12-7-6-11-13(14(12)20(25)26)16(22)10-5-3-2-4-9(10)15(11)21/h2-8H,1H3,(H2,19,23). The molecule has 0 fully saturated rings. The number of ether oxygens (including phenoxy) is 1. The van der Waals surface area contributed by atoms with Gasteiger partial charge in [0.1, 0.15) is 11.1 Å². The number of amides is 1. The molecule has 0 aliphatic heterocycles. The van der Waals surface area contributed by atoms with Gasteiger partial charge in [0.25, 0.3) is 11.6 Å². The van der Waals surface area contributed by atoms with Gasteiger partial charge in [0.2, 0.25) is 5.78 Å². The Balaban J connectivity index is 2.20. The van der Waals surface area contributed by atoms with Crippen LogP contribution in [0.15, 0.2) is 36.4 Å². The summed E-state index contributed by atoms with van der Waals surface area (Å²) >= 11 is 0. The summed E-state index contributed by atoms with van der Waals surface area (Å²) in [7, 11) is 0. The lowest BCUT2D eigenvalue weighted by Gasteiger charge is -2.18. The number of hydrogen-bond acceptors (Lipinski definition) is 7. The molecule has 1 aliphatic carbocycles. The summed E-state index contributed by atoms with van der Waals surface area (Å²) < 4.78 is 4.80. The third-order valence-electron chi connectivity index (χ3n) is 4.15. The van der Waals surface area contributed by atoms with Gasteiger partial charge in [-0.15, -0.1) is 0 Å². The van der Waals surface area contributed by atoms with Crippen molar-refractivity contribution in [1.82, 2.24) is 0 Å². The van der Waals surface area contributed by atoms with Crippen LogP contribution in [0, 0.1) is 10.1 Å². The molecule has 0 bridgehead atoms. The highest BCUT2D eigenvalue weighted by molar-refractivity contribution is 6.30. The number of rotatable bonds is 4. The van der Waals surface area contributed by atoms with Crippen molar-refractivity contribution in [2.24, 2.45) is 5.73 Å². The molecule has 0 heterocycles.